The number of carbonyl (C=O) groups is 1. The Morgan fingerprint density at radius 2 is 2.00 bits per heavy atom. The highest BCUT2D eigenvalue weighted by Crippen LogP contribution is 2.21. The molecule has 0 spiro atoms. The van der Waals surface area contributed by atoms with Crippen molar-refractivity contribution in [1.29, 1.82) is 0 Å². The van der Waals surface area contributed by atoms with Crippen molar-refractivity contribution < 1.29 is 4.79 Å². The number of hydrogen-bond acceptors (Lipinski definition) is 4. The molecule has 1 aromatic carbocycles. The summed E-state index contributed by atoms with van der Waals surface area (Å²) in [6.45, 7) is 8.07. The van der Waals surface area contributed by atoms with E-state index in [0.717, 1.165) is 37.2 Å². The van der Waals surface area contributed by atoms with Crippen molar-refractivity contribution in [3.05, 3.63) is 46.7 Å². The summed E-state index contributed by atoms with van der Waals surface area (Å²) in [5.74, 6) is 0.506. The van der Waals surface area contributed by atoms with E-state index in [1.54, 1.807) is 0 Å². The smallest absolute Gasteiger partial charge is 0.268 e. The zero-order chi connectivity index (χ0) is 16.9. The molecule has 3 aromatic rings. The highest BCUT2D eigenvalue weighted by atomic mass is 32.1. The molecule has 3 rings (SSSR count). The Balaban J connectivity index is 1.88. The number of rotatable bonds is 7. The summed E-state index contributed by atoms with van der Waals surface area (Å²) in [5.41, 5.74) is 1.95. The molecule has 0 aliphatic carbocycles. The number of anilines is 1. The zero-order valence-corrected chi connectivity index (χ0v) is 14.8. The van der Waals surface area contributed by atoms with E-state index < -0.39 is 0 Å². The number of nitrogens with one attached hydrogen (secondary N) is 1. The summed E-state index contributed by atoms with van der Waals surface area (Å²) in [6, 6.07) is 11.7. The second-order valence-corrected chi connectivity index (χ2v) is 6.48. The fourth-order valence-corrected chi connectivity index (χ4v) is 3.37. The van der Waals surface area contributed by atoms with Crippen LogP contribution >= 0.6 is 11.3 Å². The molecular formula is C18H22N4OS. The van der Waals surface area contributed by atoms with Crippen LogP contribution in [0, 0.1) is 0 Å². The molecule has 6 heteroatoms. The van der Waals surface area contributed by atoms with Gasteiger partial charge in [-0.25, -0.2) is 4.98 Å². The van der Waals surface area contributed by atoms with Crippen LogP contribution < -0.4 is 5.32 Å². The van der Waals surface area contributed by atoms with E-state index in [9.17, 15) is 4.79 Å². The molecule has 1 amide bonds. The number of nitrogens with zero attached hydrogens (tertiary/aromatic N) is 3. The van der Waals surface area contributed by atoms with Crippen LogP contribution in [0.4, 0.5) is 5.95 Å². The largest absolute Gasteiger partial charge is 0.309 e. The summed E-state index contributed by atoms with van der Waals surface area (Å²) in [4.78, 5) is 20.1. The molecule has 0 aliphatic rings. The fraction of sp³-hybridized carbons (Fsp3) is 0.333. The summed E-state index contributed by atoms with van der Waals surface area (Å²) in [7, 11) is 0. The summed E-state index contributed by atoms with van der Waals surface area (Å²) in [6.07, 6.45) is 0. The van der Waals surface area contributed by atoms with Crippen molar-refractivity contribution in [2.24, 2.45) is 0 Å². The molecule has 5 nitrogen and oxygen atoms in total. The second kappa shape index (κ2) is 7.59. The van der Waals surface area contributed by atoms with Gasteiger partial charge in [0.15, 0.2) is 0 Å². The van der Waals surface area contributed by atoms with Crippen molar-refractivity contribution in [2.45, 2.75) is 20.4 Å². The van der Waals surface area contributed by atoms with Crippen molar-refractivity contribution in [3.8, 4) is 0 Å². The Morgan fingerprint density at radius 1 is 1.21 bits per heavy atom. The van der Waals surface area contributed by atoms with E-state index in [1.165, 1.54) is 11.3 Å². The van der Waals surface area contributed by atoms with Gasteiger partial charge in [-0.05, 0) is 36.7 Å². The topological polar surface area (TPSA) is 50.2 Å². The molecule has 0 aliphatic heterocycles. The minimum Gasteiger partial charge on any atom is -0.309 e. The average Bonchev–Trinajstić information content (AvgIpc) is 3.24. The number of fused-ring (bicyclic) bond motifs is 1. The molecule has 126 valence electrons. The van der Waals surface area contributed by atoms with Gasteiger partial charge in [0.25, 0.3) is 5.91 Å². The van der Waals surface area contributed by atoms with Gasteiger partial charge in [0, 0.05) is 13.1 Å². The van der Waals surface area contributed by atoms with Gasteiger partial charge in [0.05, 0.1) is 15.9 Å². The van der Waals surface area contributed by atoms with E-state index in [2.05, 4.69) is 33.6 Å². The van der Waals surface area contributed by atoms with E-state index in [-0.39, 0.29) is 5.91 Å². The fourth-order valence-electron chi connectivity index (χ4n) is 2.75. The third-order valence-electron chi connectivity index (χ3n) is 4.16. The molecule has 24 heavy (non-hydrogen) atoms. The SMILES string of the molecule is CCN(CC)CCn1c(NC(=O)c2cccs2)nc2ccccc21. The van der Waals surface area contributed by atoms with Gasteiger partial charge >= 0.3 is 0 Å². The van der Waals surface area contributed by atoms with Crippen LogP contribution in [0.2, 0.25) is 0 Å². The van der Waals surface area contributed by atoms with Gasteiger partial charge in [-0.3, -0.25) is 10.1 Å². The van der Waals surface area contributed by atoms with Gasteiger partial charge in [0.1, 0.15) is 0 Å². The molecule has 2 heterocycles. The maximum atomic E-state index is 12.4. The highest BCUT2D eigenvalue weighted by molar-refractivity contribution is 7.12. The third kappa shape index (κ3) is 3.49. The number of carbonyl (C=O) groups excluding carboxylic acids is 1. The standard InChI is InChI=1S/C18H22N4OS/c1-3-21(4-2)11-12-22-15-9-6-5-8-14(15)19-18(22)20-17(23)16-10-7-13-24-16/h5-10,13H,3-4,11-12H2,1-2H3,(H,19,20,23). The molecule has 0 atom stereocenters. The summed E-state index contributed by atoms with van der Waals surface area (Å²) in [5, 5.41) is 4.87. The van der Waals surface area contributed by atoms with E-state index >= 15 is 0 Å². The number of thiophene rings is 1. The lowest BCUT2D eigenvalue weighted by molar-refractivity contribution is 0.102. The lowest BCUT2D eigenvalue weighted by atomic mass is 10.3. The van der Waals surface area contributed by atoms with Crippen molar-refractivity contribution in [3.63, 3.8) is 0 Å². The third-order valence-corrected chi connectivity index (χ3v) is 5.03. The van der Waals surface area contributed by atoms with Crippen LogP contribution in [-0.4, -0.2) is 40.0 Å². The predicted molar refractivity (Wildman–Crippen MR) is 99.8 cm³/mol. The monoisotopic (exact) mass is 342 g/mol. The molecular weight excluding hydrogens is 320 g/mol. The van der Waals surface area contributed by atoms with Crippen molar-refractivity contribution >= 4 is 34.2 Å². The van der Waals surface area contributed by atoms with Crippen molar-refractivity contribution in [1.82, 2.24) is 14.5 Å². The van der Waals surface area contributed by atoms with Gasteiger partial charge in [0.2, 0.25) is 5.95 Å². The first-order valence-corrected chi connectivity index (χ1v) is 9.13. The first kappa shape index (κ1) is 16.7. The summed E-state index contributed by atoms with van der Waals surface area (Å²) < 4.78 is 2.10. The van der Waals surface area contributed by atoms with Crippen LogP contribution in [-0.2, 0) is 6.54 Å². The number of benzene rings is 1. The van der Waals surface area contributed by atoms with E-state index in [1.807, 2.05) is 41.8 Å². The number of aromatic nitrogens is 2. The van der Waals surface area contributed by atoms with Gasteiger partial charge < -0.3 is 9.47 Å². The normalized spacial score (nSPS) is 11.3. The molecule has 0 saturated carbocycles. The molecule has 2 aromatic heterocycles. The van der Waals surface area contributed by atoms with Crippen LogP contribution in [0.1, 0.15) is 23.5 Å². The van der Waals surface area contributed by atoms with Crippen LogP contribution in [0.3, 0.4) is 0 Å². The molecule has 0 fully saturated rings. The number of para-hydroxylation sites is 2. The van der Waals surface area contributed by atoms with Crippen LogP contribution in [0.25, 0.3) is 11.0 Å². The molecule has 0 radical (unpaired) electrons. The Morgan fingerprint density at radius 3 is 2.71 bits per heavy atom. The first-order chi connectivity index (χ1) is 11.7. The zero-order valence-electron chi connectivity index (χ0n) is 14.0. The Labute approximate surface area is 145 Å². The molecule has 1 N–H and O–H groups in total. The minimum absolute atomic E-state index is 0.107. The maximum Gasteiger partial charge on any atom is 0.268 e. The minimum atomic E-state index is -0.107. The number of likely N-dealkylation sites (N-methyl/N-ethyl adjacent to an activating group) is 1. The van der Waals surface area contributed by atoms with Crippen molar-refractivity contribution in [2.75, 3.05) is 25.0 Å². The Bertz CT molecular complexity index is 806. The lowest BCUT2D eigenvalue weighted by Crippen LogP contribution is -2.27. The molecule has 0 bridgehead atoms. The number of hydrogen-bond donors (Lipinski definition) is 1. The quantitative estimate of drug-likeness (QED) is 0.712. The molecule has 0 unspecified atom stereocenters. The molecule has 0 saturated heterocycles. The Kier molecular flexibility index (Phi) is 5.27. The van der Waals surface area contributed by atoms with E-state index in [4.69, 9.17) is 0 Å². The van der Waals surface area contributed by atoms with Crippen LogP contribution in [0.5, 0.6) is 0 Å². The number of amides is 1. The highest BCUT2D eigenvalue weighted by Gasteiger charge is 2.15. The van der Waals surface area contributed by atoms with E-state index in [0.29, 0.717) is 10.8 Å². The van der Waals surface area contributed by atoms with Crippen LogP contribution in [0.15, 0.2) is 41.8 Å². The average molecular weight is 342 g/mol. The van der Waals surface area contributed by atoms with Gasteiger partial charge in [-0.1, -0.05) is 32.0 Å². The summed E-state index contributed by atoms with van der Waals surface area (Å²) >= 11 is 1.43. The lowest BCUT2D eigenvalue weighted by Gasteiger charge is -2.19. The predicted octanol–water partition coefficient (Wildman–Crippen LogP) is 3.69. The van der Waals surface area contributed by atoms with Gasteiger partial charge in [-0.2, -0.15) is 0 Å². The maximum absolute atomic E-state index is 12.4. The second-order valence-electron chi connectivity index (χ2n) is 5.53. The first-order valence-electron chi connectivity index (χ1n) is 8.25. The van der Waals surface area contributed by atoms with Gasteiger partial charge in [-0.15, -0.1) is 11.3 Å². The Hall–Kier alpha value is -2.18. The number of imidazole rings is 1.